The Morgan fingerprint density at radius 1 is 1.17 bits per heavy atom. The molecule has 4 rings (SSSR count). The number of halogens is 1. The Morgan fingerprint density at radius 3 is 2.50 bits per heavy atom. The largest absolute Gasteiger partial charge is 0.481 e. The number of thiophene rings is 1. The molecule has 36 heavy (non-hydrogen) atoms. The molecule has 2 aromatic carbocycles. The van der Waals surface area contributed by atoms with Crippen molar-refractivity contribution >= 4 is 60.8 Å². The summed E-state index contributed by atoms with van der Waals surface area (Å²) in [5.74, 6) is -1.46. The van der Waals surface area contributed by atoms with Crippen LogP contribution in [0, 0.1) is 5.41 Å². The molecule has 1 aromatic heterocycles. The Balaban J connectivity index is 1.58. The van der Waals surface area contributed by atoms with E-state index in [-0.39, 0.29) is 23.8 Å². The number of amides is 1. The lowest BCUT2D eigenvalue weighted by atomic mass is 10.1. The van der Waals surface area contributed by atoms with Crippen LogP contribution in [0.2, 0.25) is 5.02 Å². The highest BCUT2D eigenvalue weighted by molar-refractivity contribution is 7.91. The van der Waals surface area contributed by atoms with E-state index in [0.29, 0.717) is 20.9 Å². The van der Waals surface area contributed by atoms with Gasteiger partial charge in [-0.2, -0.15) is 4.31 Å². The number of amidine groups is 1. The number of nitrogens with zero attached hydrogens (tertiary/aromatic N) is 3. The lowest BCUT2D eigenvalue weighted by Crippen LogP contribution is -2.58. The SMILES string of the molecule is CN(C)C(=N)c1ccc(CN2CCN(S(=O)(=O)c3cc4ccc(Cl)cc4s3)C(CC(=O)O)C2=O)cc1. The van der Waals surface area contributed by atoms with Gasteiger partial charge < -0.3 is 14.9 Å². The van der Waals surface area contributed by atoms with E-state index >= 15 is 0 Å². The van der Waals surface area contributed by atoms with Crippen LogP contribution in [0.3, 0.4) is 0 Å². The van der Waals surface area contributed by atoms with Gasteiger partial charge in [0.2, 0.25) is 5.91 Å². The molecule has 0 spiro atoms. The van der Waals surface area contributed by atoms with Crippen LogP contribution in [-0.2, 0) is 26.2 Å². The molecule has 1 aliphatic rings. The number of carboxylic acid groups (broad SMARTS) is 1. The number of hydrogen-bond acceptors (Lipinski definition) is 6. The molecule has 0 aliphatic carbocycles. The normalized spacial score (nSPS) is 16.9. The van der Waals surface area contributed by atoms with Crippen molar-refractivity contribution in [1.29, 1.82) is 5.41 Å². The van der Waals surface area contributed by atoms with Gasteiger partial charge in [0, 0.05) is 49.0 Å². The van der Waals surface area contributed by atoms with Crippen LogP contribution >= 0.6 is 22.9 Å². The molecule has 2 N–H and O–H groups in total. The van der Waals surface area contributed by atoms with E-state index < -0.39 is 34.4 Å². The second-order valence-corrected chi connectivity index (χ2v) is 12.3. The number of carboxylic acids is 1. The number of hydrogen-bond donors (Lipinski definition) is 2. The van der Waals surface area contributed by atoms with Crippen molar-refractivity contribution < 1.29 is 23.1 Å². The van der Waals surface area contributed by atoms with Crippen LogP contribution in [-0.4, -0.2) is 78.6 Å². The summed E-state index contributed by atoms with van der Waals surface area (Å²) in [5, 5.41) is 18.7. The lowest BCUT2D eigenvalue weighted by Gasteiger charge is -2.39. The van der Waals surface area contributed by atoms with Gasteiger partial charge in [0.05, 0.1) is 6.42 Å². The summed E-state index contributed by atoms with van der Waals surface area (Å²) in [7, 11) is -0.561. The molecule has 12 heteroatoms. The Hall–Kier alpha value is -2.99. The number of rotatable bonds is 7. The van der Waals surface area contributed by atoms with E-state index in [1.54, 1.807) is 61.5 Å². The molecule has 0 saturated carbocycles. The zero-order valence-electron chi connectivity index (χ0n) is 19.6. The standard InChI is InChI=1S/C24H25ClN4O5S2/c1-27(2)23(26)16-5-3-15(4-6-16)14-28-9-10-29(19(24(28)32)13-21(30)31)36(33,34)22-11-17-7-8-18(25)12-20(17)35-22/h3-8,11-12,19,26H,9-10,13-14H2,1-2H3,(H,30,31). The van der Waals surface area contributed by atoms with Gasteiger partial charge in [-0.25, -0.2) is 8.42 Å². The fourth-order valence-electron chi connectivity index (χ4n) is 4.09. The summed E-state index contributed by atoms with van der Waals surface area (Å²) >= 11 is 7.07. The molecule has 1 atom stereocenters. The minimum Gasteiger partial charge on any atom is -0.481 e. The number of carbonyl (C=O) groups is 2. The summed E-state index contributed by atoms with van der Waals surface area (Å²) in [6.45, 7) is 0.310. The zero-order chi connectivity index (χ0) is 26.2. The van der Waals surface area contributed by atoms with Gasteiger partial charge in [-0.3, -0.25) is 15.0 Å². The van der Waals surface area contributed by atoms with E-state index in [1.165, 1.54) is 11.0 Å². The number of sulfonamides is 1. The molecule has 1 amide bonds. The van der Waals surface area contributed by atoms with Gasteiger partial charge in [-0.15, -0.1) is 11.3 Å². The highest BCUT2D eigenvalue weighted by Crippen LogP contribution is 2.34. The Bertz CT molecular complexity index is 1440. The highest BCUT2D eigenvalue weighted by atomic mass is 35.5. The second kappa shape index (κ2) is 10.2. The first-order valence-corrected chi connectivity index (χ1v) is 13.7. The van der Waals surface area contributed by atoms with Crippen molar-refractivity contribution in [3.05, 3.63) is 64.7 Å². The minimum absolute atomic E-state index is 0.0234. The second-order valence-electron chi connectivity index (χ2n) is 8.68. The summed E-state index contributed by atoms with van der Waals surface area (Å²) < 4.78 is 28.8. The number of nitrogens with one attached hydrogen (secondary N) is 1. The van der Waals surface area contributed by atoms with Gasteiger partial charge in [0.25, 0.3) is 10.0 Å². The first kappa shape index (κ1) is 26.1. The Kier molecular flexibility index (Phi) is 7.37. The van der Waals surface area contributed by atoms with E-state index in [0.717, 1.165) is 26.8 Å². The van der Waals surface area contributed by atoms with Crippen LogP contribution in [0.5, 0.6) is 0 Å². The van der Waals surface area contributed by atoms with Crippen molar-refractivity contribution in [2.24, 2.45) is 0 Å². The summed E-state index contributed by atoms with van der Waals surface area (Å²) in [4.78, 5) is 28.1. The van der Waals surface area contributed by atoms with Gasteiger partial charge in [-0.05, 0) is 29.1 Å². The average Bonchev–Trinajstić information content (AvgIpc) is 3.25. The number of benzene rings is 2. The molecular formula is C24H25ClN4O5S2. The maximum absolute atomic E-state index is 13.5. The predicted octanol–water partition coefficient (Wildman–Crippen LogP) is 3.32. The average molecular weight is 549 g/mol. The molecule has 9 nitrogen and oxygen atoms in total. The number of fused-ring (bicyclic) bond motifs is 1. The van der Waals surface area contributed by atoms with E-state index in [1.807, 2.05) is 0 Å². The highest BCUT2D eigenvalue weighted by Gasteiger charge is 2.43. The van der Waals surface area contributed by atoms with Crippen molar-refractivity contribution in [1.82, 2.24) is 14.1 Å². The molecule has 190 valence electrons. The molecular weight excluding hydrogens is 524 g/mol. The molecule has 0 bridgehead atoms. The molecule has 2 heterocycles. The lowest BCUT2D eigenvalue weighted by molar-refractivity contribution is -0.147. The third-order valence-corrected chi connectivity index (χ3v) is 9.66. The van der Waals surface area contributed by atoms with Gasteiger partial charge in [0.15, 0.2) is 0 Å². The molecule has 1 aliphatic heterocycles. The van der Waals surface area contributed by atoms with Crippen molar-refractivity contribution in [2.75, 3.05) is 27.2 Å². The van der Waals surface area contributed by atoms with Crippen molar-refractivity contribution in [3.8, 4) is 0 Å². The quantitative estimate of drug-likeness (QED) is 0.345. The maximum atomic E-state index is 13.5. The summed E-state index contributed by atoms with van der Waals surface area (Å²) in [6.07, 6.45) is -0.635. The van der Waals surface area contributed by atoms with Crippen molar-refractivity contribution in [3.63, 3.8) is 0 Å². The molecule has 1 fully saturated rings. The summed E-state index contributed by atoms with van der Waals surface area (Å²) in [5.41, 5.74) is 1.52. The fourth-order valence-corrected chi connectivity index (χ4v) is 7.47. The van der Waals surface area contributed by atoms with Crippen molar-refractivity contribution in [2.45, 2.75) is 23.2 Å². The molecule has 3 aromatic rings. The minimum atomic E-state index is -4.11. The first-order chi connectivity index (χ1) is 17.0. The van der Waals surface area contributed by atoms with Crippen LogP contribution in [0.25, 0.3) is 10.1 Å². The topological polar surface area (TPSA) is 122 Å². The van der Waals surface area contributed by atoms with E-state index in [4.69, 9.17) is 17.0 Å². The van der Waals surface area contributed by atoms with Crippen LogP contribution in [0.1, 0.15) is 17.5 Å². The van der Waals surface area contributed by atoms with E-state index in [2.05, 4.69) is 0 Å². The number of aliphatic carboxylic acids is 1. The number of carbonyl (C=O) groups excluding carboxylic acids is 1. The third-order valence-electron chi connectivity index (χ3n) is 5.97. The molecule has 0 radical (unpaired) electrons. The van der Waals surface area contributed by atoms with Gasteiger partial charge in [0.1, 0.15) is 16.1 Å². The zero-order valence-corrected chi connectivity index (χ0v) is 22.0. The predicted molar refractivity (Wildman–Crippen MR) is 139 cm³/mol. The van der Waals surface area contributed by atoms with Gasteiger partial charge >= 0.3 is 5.97 Å². The van der Waals surface area contributed by atoms with Crippen LogP contribution < -0.4 is 0 Å². The Labute approximate surface area is 218 Å². The van der Waals surface area contributed by atoms with E-state index in [9.17, 15) is 23.1 Å². The Morgan fingerprint density at radius 2 is 1.86 bits per heavy atom. The third kappa shape index (κ3) is 5.24. The monoisotopic (exact) mass is 548 g/mol. The molecule has 1 unspecified atom stereocenters. The summed E-state index contributed by atoms with van der Waals surface area (Å²) in [6, 6.07) is 12.4. The fraction of sp³-hybridized carbons (Fsp3) is 0.292. The van der Waals surface area contributed by atoms with Crippen LogP contribution in [0.15, 0.2) is 52.7 Å². The number of piperazine rings is 1. The molecule has 1 saturated heterocycles. The smallest absolute Gasteiger partial charge is 0.305 e. The van der Waals surface area contributed by atoms with Gasteiger partial charge in [-0.1, -0.05) is 41.9 Å². The first-order valence-electron chi connectivity index (χ1n) is 11.0. The van der Waals surface area contributed by atoms with Crippen LogP contribution in [0.4, 0.5) is 0 Å². The maximum Gasteiger partial charge on any atom is 0.305 e.